The predicted molar refractivity (Wildman–Crippen MR) is 101 cm³/mol. The van der Waals surface area contributed by atoms with Crippen LogP contribution in [0.4, 0.5) is 0 Å². The summed E-state index contributed by atoms with van der Waals surface area (Å²) in [5, 5.41) is 3.18. The van der Waals surface area contributed by atoms with Gasteiger partial charge in [0.2, 0.25) is 0 Å². The molecular formula is C18H23N3OS2. The molecule has 4 nitrogen and oxygen atoms in total. The Bertz CT molecular complexity index is 701. The molecule has 1 fully saturated rings. The molecule has 0 radical (unpaired) electrons. The number of likely N-dealkylation sites (N-methyl/N-ethyl adjacent to an activating group) is 1. The van der Waals surface area contributed by atoms with Crippen molar-refractivity contribution in [1.82, 2.24) is 14.8 Å². The maximum atomic E-state index is 13.0. The standard InChI is InChI=1S/C18H23N3OS2/c1-14-19-15(12-23-14)13-24-17-7-4-3-6-16(17)18(22)21-9-5-8-20(2)10-11-21/h3-4,6-7,12H,5,8-11,13H2,1-2H3. The maximum absolute atomic E-state index is 13.0. The van der Waals surface area contributed by atoms with Gasteiger partial charge in [0.05, 0.1) is 16.3 Å². The van der Waals surface area contributed by atoms with Crippen molar-refractivity contribution < 1.29 is 4.79 Å². The highest BCUT2D eigenvalue weighted by atomic mass is 32.2. The number of carbonyl (C=O) groups excluding carboxylic acids is 1. The van der Waals surface area contributed by atoms with Gasteiger partial charge < -0.3 is 9.80 Å². The predicted octanol–water partition coefficient (Wildman–Crippen LogP) is 3.52. The summed E-state index contributed by atoms with van der Waals surface area (Å²) >= 11 is 3.37. The highest BCUT2D eigenvalue weighted by Crippen LogP contribution is 2.28. The fraction of sp³-hybridized carbons (Fsp3) is 0.444. The number of amides is 1. The Kier molecular flexibility index (Phi) is 5.92. The van der Waals surface area contributed by atoms with Crippen LogP contribution in [0, 0.1) is 6.92 Å². The van der Waals surface area contributed by atoms with Gasteiger partial charge >= 0.3 is 0 Å². The third-order valence-electron chi connectivity index (χ3n) is 4.17. The number of aryl methyl sites for hydroxylation is 1. The Balaban J connectivity index is 1.71. The molecule has 24 heavy (non-hydrogen) atoms. The zero-order valence-electron chi connectivity index (χ0n) is 14.2. The largest absolute Gasteiger partial charge is 0.337 e. The summed E-state index contributed by atoms with van der Waals surface area (Å²) in [5.41, 5.74) is 1.90. The van der Waals surface area contributed by atoms with E-state index in [9.17, 15) is 4.79 Å². The van der Waals surface area contributed by atoms with E-state index in [0.29, 0.717) is 0 Å². The quantitative estimate of drug-likeness (QED) is 0.781. The summed E-state index contributed by atoms with van der Waals surface area (Å²) in [6.45, 7) is 5.67. The van der Waals surface area contributed by atoms with Crippen LogP contribution in [0.15, 0.2) is 34.5 Å². The molecule has 6 heteroatoms. The van der Waals surface area contributed by atoms with Crippen molar-refractivity contribution in [1.29, 1.82) is 0 Å². The van der Waals surface area contributed by atoms with Gasteiger partial charge in [0.25, 0.3) is 5.91 Å². The zero-order chi connectivity index (χ0) is 16.9. The third-order valence-corrected chi connectivity index (χ3v) is 6.10. The lowest BCUT2D eigenvalue weighted by Crippen LogP contribution is -2.34. The number of hydrogen-bond donors (Lipinski definition) is 0. The molecule has 0 saturated carbocycles. The first-order valence-corrected chi connectivity index (χ1v) is 10.1. The molecule has 0 atom stereocenters. The number of thioether (sulfide) groups is 1. The number of benzene rings is 1. The minimum atomic E-state index is 0.155. The van der Waals surface area contributed by atoms with E-state index < -0.39 is 0 Å². The number of rotatable bonds is 4. The molecule has 2 heterocycles. The minimum absolute atomic E-state index is 0.155. The topological polar surface area (TPSA) is 36.4 Å². The summed E-state index contributed by atoms with van der Waals surface area (Å²) in [6, 6.07) is 7.95. The normalized spacial score (nSPS) is 16.2. The number of carbonyl (C=O) groups is 1. The van der Waals surface area contributed by atoms with Crippen molar-refractivity contribution in [3.8, 4) is 0 Å². The van der Waals surface area contributed by atoms with Crippen molar-refractivity contribution in [2.24, 2.45) is 0 Å². The van der Waals surface area contributed by atoms with Gasteiger partial charge in [-0.05, 0) is 39.1 Å². The second-order valence-corrected chi connectivity index (χ2v) is 8.17. The van der Waals surface area contributed by atoms with E-state index >= 15 is 0 Å². The molecule has 0 aliphatic carbocycles. The molecule has 1 aromatic heterocycles. The fourth-order valence-electron chi connectivity index (χ4n) is 2.82. The van der Waals surface area contributed by atoms with Gasteiger partial charge in [0.1, 0.15) is 0 Å². The molecule has 1 amide bonds. The van der Waals surface area contributed by atoms with Gasteiger partial charge in [-0.1, -0.05) is 12.1 Å². The molecule has 0 unspecified atom stereocenters. The van der Waals surface area contributed by atoms with Gasteiger partial charge in [-0.25, -0.2) is 4.98 Å². The van der Waals surface area contributed by atoms with Crippen molar-refractivity contribution in [2.45, 2.75) is 24.0 Å². The molecular weight excluding hydrogens is 338 g/mol. The molecule has 3 rings (SSSR count). The van der Waals surface area contributed by atoms with Crippen LogP contribution in [0.1, 0.15) is 27.5 Å². The monoisotopic (exact) mass is 361 g/mol. The van der Waals surface area contributed by atoms with Crippen molar-refractivity contribution in [3.05, 3.63) is 45.9 Å². The first kappa shape index (κ1) is 17.5. The maximum Gasteiger partial charge on any atom is 0.255 e. The van der Waals surface area contributed by atoms with Gasteiger partial charge in [-0.15, -0.1) is 23.1 Å². The SMILES string of the molecule is Cc1nc(CSc2ccccc2C(=O)N2CCCN(C)CC2)cs1. The van der Waals surface area contributed by atoms with E-state index in [2.05, 4.69) is 22.3 Å². The van der Waals surface area contributed by atoms with Gasteiger partial charge in [0, 0.05) is 35.7 Å². The smallest absolute Gasteiger partial charge is 0.255 e. The molecule has 2 aromatic rings. The van der Waals surface area contributed by atoms with Crippen molar-refractivity contribution in [2.75, 3.05) is 33.2 Å². The average molecular weight is 362 g/mol. The Morgan fingerprint density at radius 2 is 2.08 bits per heavy atom. The van der Waals surface area contributed by atoms with Crippen molar-refractivity contribution in [3.63, 3.8) is 0 Å². The third kappa shape index (κ3) is 4.37. The molecule has 128 valence electrons. The van der Waals surface area contributed by atoms with Crippen molar-refractivity contribution >= 4 is 29.0 Å². The van der Waals surface area contributed by atoms with Crippen LogP contribution in [0.3, 0.4) is 0 Å². The number of aromatic nitrogens is 1. The lowest BCUT2D eigenvalue weighted by Gasteiger charge is -2.21. The molecule has 1 aliphatic heterocycles. The van der Waals surface area contributed by atoms with E-state index in [-0.39, 0.29) is 5.91 Å². The molecule has 1 aliphatic rings. The van der Waals surface area contributed by atoms with E-state index in [0.717, 1.165) is 59.5 Å². The Morgan fingerprint density at radius 1 is 1.25 bits per heavy atom. The summed E-state index contributed by atoms with van der Waals surface area (Å²) in [5.74, 6) is 0.958. The van der Waals surface area contributed by atoms with Crippen LogP contribution in [0.2, 0.25) is 0 Å². The highest BCUT2D eigenvalue weighted by Gasteiger charge is 2.21. The molecule has 0 spiro atoms. The van der Waals surface area contributed by atoms with Crippen LogP contribution < -0.4 is 0 Å². The number of nitrogens with zero attached hydrogens (tertiary/aromatic N) is 3. The minimum Gasteiger partial charge on any atom is -0.337 e. The van der Waals surface area contributed by atoms with Gasteiger partial charge in [-0.2, -0.15) is 0 Å². The summed E-state index contributed by atoms with van der Waals surface area (Å²) in [7, 11) is 2.12. The first-order valence-electron chi connectivity index (χ1n) is 8.24. The fourth-order valence-corrected chi connectivity index (χ4v) is 4.47. The Labute approximate surface area is 151 Å². The summed E-state index contributed by atoms with van der Waals surface area (Å²) in [6.07, 6.45) is 1.04. The molecule has 0 N–H and O–H groups in total. The summed E-state index contributed by atoms with van der Waals surface area (Å²) < 4.78 is 0. The van der Waals surface area contributed by atoms with Crippen LogP contribution in [-0.4, -0.2) is 53.9 Å². The van der Waals surface area contributed by atoms with E-state index in [1.807, 2.05) is 36.1 Å². The Morgan fingerprint density at radius 3 is 2.88 bits per heavy atom. The Hall–Kier alpha value is -1.37. The van der Waals surface area contributed by atoms with E-state index in [1.165, 1.54) is 0 Å². The van der Waals surface area contributed by atoms with E-state index in [4.69, 9.17) is 0 Å². The first-order chi connectivity index (χ1) is 11.6. The van der Waals surface area contributed by atoms with Gasteiger partial charge in [0.15, 0.2) is 0 Å². The highest BCUT2D eigenvalue weighted by molar-refractivity contribution is 7.98. The van der Waals surface area contributed by atoms with Crippen LogP contribution in [-0.2, 0) is 5.75 Å². The zero-order valence-corrected chi connectivity index (χ0v) is 15.8. The van der Waals surface area contributed by atoms with E-state index in [1.54, 1.807) is 23.1 Å². The number of thiazole rings is 1. The molecule has 1 saturated heterocycles. The second-order valence-electron chi connectivity index (χ2n) is 6.09. The second kappa shape index (κ2) is 8.14. The van der Waals surface area contributed by atoms with Crippen LogP contribution in [0.5, 0.6) is 0 Å². The van der Waals surface area contributed by atoms with Crippen LogP contribution in [0.25, 0.3) is 0 Å². The van der Waals surface area contributed by atoms with Gasteiger partial charge in [-0.3, -0.25) is 4.79 Å². The summed E-state index contributed by atoms with van der Waals surface area (Å²) in [4.78, 5) is 22.8. The van der Waals surface area contributed by atoms with Crippen LogP contribution >= 0.6 is 23.1 Å². The number of hydrogen-bond acceptors (Lipinski definition) is 5. The lowest BCUT2D eigenvalue weighted by atomic mass is 10.2. The molecule has 0 bridgehead atoms. The molecule has 1 aromatic carbocycles. The average Bonchev–Trinajstić information content (AvgIpc) is 2.88. The lowest BCUT2D eigenvalue weighted by molar-refractivity contribution is 0.0759.